The maximum atomic E-state index is 13.1. The van der Waals surface area contributed by atoms with Gasteiger partial charge in [0.2, 0.25) is 11.3 Å². The Labute approximate surface area is 197 Å². The number of amides is 1. The van der Waals surface area contributed by atoms with E-state index in [0.717, 1.165) is 16.7 Å². The summed E-state index contributed by atoms with van der Waals surface area (Å²) in [6, 6.07) is 14.7. The highest BCUT2D eigenvalue weighted by atomic mass is 16.5. The molecular weight excluding hydrogens is 436 g/mol. The van der Waals surface area contributed by atoms with Crippen LogP contribution < -0.4 is 19.6 Å². The van der Waals surface area contributed by atoms with Gasteiger partial charge in [-0.15, -0.1) is 0 Å². The topological polar surface area (TPSA) is 90.2 Å². The smallest absolute Gasteiger partial charge is 0.242 e. The van der Waals surface area contributed by atoms with Gasteiger partial charge in [-0.25, -0.2) is 0 Å². The molecule has 0 radical (unpaired) electrons. The number of fused-ring (bicyclic) bond motifs is 1. The van der Waals surface area contributed by atoms with Crippen molar-refractivity contribution in [3.05, 3.63) is 87.3 Å². The Balaban J connectivity index is 1.50. The number of hydrogen-bond acceptors (Lipinski definition) is 6. The molecule has 8 heteroatoms. The minimum atomic E-state index is -0.360. The molecule has 0 spiro atoms. The molecule has 1 aromatic heterocycles. The van der Waals surface area contributed by atoms with Crippen LogP contribution in [0.4, 0.5) is 0 Å². The van der Waals surface area contributed by atoms with Crippen LogP contribution in [-0.2, 0) is 37.5 Å². The third-order valence-corrected chi connectivity index (χ3v) is 5.96. The lowest BCUT2D eigenvalue weighted by atomic mass is 9.98. The van der Waals surface area contributed by atoms with Gasteiger partial charge in [-0.05, 0) is 35.2 Å². The molecule has 1 aliphatic rings. The number of carbonyl (C=O) groups is 1. The Kier molecular flexibility index (Phi) is 7.18. The Morgan fingerprint density at radius 3 is 2.38 bits per heavy atom. The third-order valence-electron chi connectivity index (χ3n) is 5.96. The standard InChI is InChI=1S/C26H28N2O6/c1-32-23-10-19-8-9-27(13-20(19)11-24(23)33-2)26(31)15-28-14-25(22(30)12-21(28)16-29)34-17-18-6-4-3-5-7-18/h3-7,10-12,14,29H,8-9,13,15-17H2,1-2H3. The normalized spacial score (nSPS) is 12.7. The lowest BCUT2D eigenvalue weighted by Gasteiger charge is -2.30. The van der Waals surface area contributed by atoms with Gasteiger partial charge in [0.1, 0.15) is 13.2 Å². The van der Waals surface area contributed by atoms with E-state index in [4.69, 9.17) is 14.2 Å². The maximum Gasteiger partial charge on any atom is 0.242 e. The quantitative estimate of drug-likeness (QED) is 0.551. The average molecular weight is 465 g/mol. The first-order chi connectivity index (χ1) is 16.5. The predicted molar refractivity (Wildman–Crippen MR) is 126 cm³/mol. The largest absolute Gasteiger partial charge is 0.493 e. The summed E-state index contributed by atoms with van der Waals surface area (Å²) in [7, 11) is 3.18. The van der Waals surface area contributed by atoms with Crippen molar-refractivity contribution in [3.8, 4) is 17.2 Å². The minimum Gasteiger partial charge on any atom is -0.493 e. The third kappa shape index (κ3) is 5.07. The highest BCUT2D eigenvalue weighted by Crippen LogP contribution is 2.33. The fourth-order valence-electron chi connectivity index (χ4n) is 4.06. The average Bonchev–Trinajstić information content (AvgIpc) is 2.87. The summed E-state index contributed by atoms with van der Waals surface area (Å²) in [6.07, 6.45) is 2.20. The Morgan fingerprint density at radius 2 is 1.71 bits per heavy atom. The molecule has 34 heavy (non-hydrogen) atoms. The van der Waals surface area contributed by atoms with Crippen molar-refractivity contribution in [2.75, 3.05) is 20.8 Å². The van der Waals surface area contributed by atoms with Crippen molar-refractivity contribution < 1.29 is 24.1 Å². The molecule has 4 rings (SSSR count). The van der Waals surface area contributed by atoms with Crippen LogP contribution in [0, 0.1) is 0 Å². The Bertz CT molecular complexity index is 1220. The molecule has 0 saturated carbocycles. The zero-order chi connectivity index (χ0) is 24.1. The van der Waals surface area contributed by atoms with Crippen molar-refractivity contribution >= 4 is 5.91 Å². The van der Waals surface area contributed by atoms with Gasteiger partial charge < -0.3 is 28.8 Å². The SMILES string of the molecule is COc1cc2c(cc1OC)CN(C(=O)Cn1cc(OCc3ccccc3)c(=O)cc1CO)CC2. The summed E-state index contributed by atoms with van der Waals surface area (Å²) in [4.78, 5) is 27.4. The van der Waals surface area contributed by atoms with Crippen LogP contribution >= 0.6 is 0 Å². The van der Waals surface area contributed by atoms with Gasteiger partial charge in [-0.3, -0.25) is 9.59 Å². The van der Waals surface area contributed by atoms with Crippen LogP contribution in [-0.4, -0.2) is 41.2 Å². The molecule has 1 N–H and O–H groups in total. The summed E-state index contributed by atoms with van der Waals surface area (Å²) in [6.45, 7) is 0.867. The van der Waals surface area contributed by atoms with Crippen LogP contribution in [0.15, 0.2) is 59.5 Å². The molecule has 2 heterocycles. The summed E-state index contributed by atoms with van der Waals surface area (Å²) in [5, 5.41) is 9.75. The molecule has 0 fully saturated rings. The number of benzene rings is 2. The molecule has 178 valence electrons. The van der Waals surface area contributed by atoms with E-state index in [9.17, 15) is 14.7 Å². The highest BCUT2D eigenvalue weighted by molar-refractivity contribution is 5.76. The molecule has 0 bridgehead atoms. The molecule has 2 aromatic carbocycles. The van der Waals surface area contributed by atoms with Crippen LogP contribution in [0.25, 0.3) is 0 Å². The van der Waals surface area contributed by atoms with Crippen LogP contribution in [0.2, 0.25) is 0 Å². The first-order valence-electron chi connectivity index (χ1n) is 11.0. The molecule has 3 aromatic rings. The number of carbonyl (C=O) groups excluding carboxylic acids is 1. The summed E-state index contributed by atoms with van der Waals surface area (Å²) >= 11 is 0. The summed E-state index contributed by atoms with van der Waals surface area (Å²) in [5.41, 5.74) is 3.07. The lowest BCUT2D eigenvalue weighted by molar-refractivity contribution is -0.132. The first-order valence-corrected chi connectivity index (χ1v) is 11.0. The van der Waals surface area contributed by atoms with E-state index in [2.05, 4.69) is 0 Å². The molecule has 8 nitrogen and oxygen atoms in total. The molecule has 0 unspecified atom stereocenters. The van der Waals surface area contributed by atoms with Gasteiger partial charge in [0.05, 0.1) is 27.0 Å². The second-order valence-corrected chi connectivity index (χ2v) is 8.09. The van der Waals surface area contributed by atoms with E-state index in [1.54, 1.807) is 23.7 Å². The number of hydrogen-bond donors (Lipinski definition) is 1. The Hall–Kier alpha value is -3.78. The van der Waals surface area contributed by atoms with E-state index < -0.39 is 0 Å². The number of nitrogens with zero attached hydrogens (tertiary/aromatic N) is 2. The lowest BCUT2D eigenvalue weighted by Crippen LogP contribution is -2.38. The van der Waals surface area contributed by atoms with Crippen molar-refractivity contribution in [1.29, 1.82) is 0 Å². The molecule has 0 atom stereocenters. The minimum absolute atomic E-state index is 0.0134. The van der Waals surface area contributed by atoms with Crippen molar-refractivity contribution in [2.45, 2.75) is 32.7 Å². The van der Waals surface area contributed by atoms with Gasteiger partial charge in [-0.2, -0.15) is 0 Å². The van der Waals surface area contributed by atoms with Crippen LogP contribution in [0.3, 0.4) is 0 Å². The summed E-state index contributed by atoms with van der Waals surface area (Å²) in [5.74, 6) is 1.31. The van der Waals surface area contributed by atoms with Crippen molar-refractivity contribution in [1.82, 2.24) is 9.47 Å². The Morgan fingerprint density at radius 1 is 1.00 bits per heavy atom. The second kappa shape index (κ2) is 10.4. The number of pyridine rings is 1. The fraction of sp³-hybridized carbons (Fsp3) is 0.308. The van der Waals surface area contributed by atoms with Crippen LogP contribution in [0.5, 0.6) is 17.2 Å². The number of aliphatic hydroxyl groups is 1. The number of methoxy groups -OCH3 is 2. The zero-order valence-electron chi connectivity index (χ0n) is 19.3. The molecular formula is C26H28N2O6. The van der Waals surface area contributed by atoms with E-state index in [1.807, 2.05) is 42.5 Å². The first kappa shape index (κ1) is 23.4. The van der Waals surface area contributed by atoms with Crippen molar-refractivity contribution in [3.63, 3.8) is 0 Å². The maximum absolute atomic E-state index is 13.1. The van der Waals surface area contributed by atoms with E-state index in [-0.39, 0.29) is 36.8 Å². The number of rotatable bonds is 8. The molecule has 0 saturated heterocycles. The van der Waals surface area contributed by atoms with Gasteiger partial charge in [0.25, 0.3) is 0 Å². The number of aromatic nitrogens is 1. The molecule has 0 aliphatic carbocycles. The second-order valence-electron chi connectivity index (χ2n) is 8.09. The zero-order valence-corrected chi connectivity index (χ0v) is 19.3. The van der Waals surface area contributed by atoms with Crippen LogP contribution in [0.1, 0.15) is 22.4 Å². The number of aliphatic hydroxyl groups excluding tert-OH is 1. The van der Waals surface area contributed by atoms with Gasteiger partial charge >= 0.3 is 0 Å². The van der Waals surface area contributed by atoms with E-state index in [0.29, 0.717) is 36.7 Å². The van der Waals surface area contributed by atoms with Gasteiger partial charge in [0, 0.05) is 24.8 Å². The number of ether oxygens (including phenoxy) is 3. The van der Waals surface area contributed by atoms with Gasteiger partial charge in [-0.1, -0.05) is 30.3 Å². The van der Waals surface area contributed by atoms with E-state index >= 15 is 0 Å². The molecule has 1 aliphatic heterocycles. The fourth-order valence-corrected chi connectivity index (χ4v) is 4.06. The van der Waals surface area contributed by atoms with Gasteiger partial charge in [0.15, 0.2) is 17.2 Å². The van der Waals surface area contributed by atoms with E-state index in [1.165, 1.54) is 12.3 Å². The monoisotopic (exact) mass is 464 g/mol. The predicted octanol–water partition coefficient (Wildman–Crippen LogP) is 2.52. The summed E-state index contributed by atoms with van der Waals surface area (Å²) < 4.78 is 18.1. The van der Waals surface area contributed by atoms with Crippen molar-refractivity contribution in [2.24, 2.45) is 0 Å². The highest BCUT2D eigenvalue weighted by Gasteiger charge is 2.23. The molecule has 1 amide bonds.